The minimum atomic E-state index is -0.387. The monoisotopic (exact) mass is 432 g/mol. The molecule has 1 aromatic heterocycles. The third kappa shape index (κ3) is 4.92. The number of rotatable bonds is 8. The molecule has 0 saturated carbocycles. The topological polar surface area (TPSA) is 103 Å². The van der Waals surface area contributed by atoms with Gasteiger partial charge in [-0.05, 0) is 32.9 Å². The Kier molecular flexibility index (Phi) is 7.73. The molecule has 0 bridgehead atoms. The Balaban J connectivity index is 1.89. The maximum atomic E-state index is 12.2. The first kappa shape index (κ1) is 22.9. The van der Waals surface area contributed by atoms with Crippen molar-refractivity contribution in [3.05, 3.63) is 24.0 Å². The van der Waals surface area contributed by atoms with E-state index >= 15 is 0 Å². The summed E-state index contributed by atoms with van der Waals surface area (Å²) in [7, 11) is 0. The number of carbonyl (C=O) groups is 2. The number of likely N-dealkylation sites (tertiary alicyclic amines) is 1. The van der Waals surface area contributed by atoms with Crippen molar-refractivity contribution in [1.29, 1.82) is 0 Å². The first-order chi connectivity index (χ1) is 15.0. The van der Waals surface area contributed by atoms with Crippen LogP contribution in [0.15, 0.2) is 18.2 Å². The smallest absolute Gasteiger partial charge is 0.344 e. The second kappa shape index (κ2) is 10.5. The summed E-state index contributed by atoms with van der Waals surface area (Å²) >= 11 is 0. The van der Waals surface area contributed by atoms with Crippen molar-refractivity contribution in [2.24, 2.45) is 5.73 Å². The van der Waals surface area contributed by atoms with Crippen molar-refractivity contribution in [3.8, 4) is 5.75 Å². The lowest BCUT2D eigenvalue weighted by atomic mass is 10.0. The van der Waals surface area contributed by atoms with E-state index in [1.165, 1.54) is 0 Å². The van der Waals surface area contributed by atoms with Gasteiger partial charge in [-0.15, -0.1) is 0 Å². The van der Waals surface area contributed by atoms with Crippen LogP contribution < -0.4 is 20.4 Å². The molecular formula is C22H34N5O4+. The van der Waals surface area contributed by atoms with Crippen LogP contribution in [0, 0.1) is 0 Å². The highest BCUT2D eigenvalue weighted by atomic mass is 16.6. The molecule has 1 aromatic carbocycles. The number of aromatic nitrogens is 2. The minimum Gasteiger partial charge on any atom is -0.482 e. The minimum absolute atomic E-state index is 0.00404. The van der Waals surface area contributed by atoms with Gasteiger partial charge in [0.2, 0.25) is 0 Å². The highest BCUT2D eigenvalue weighted by molar-refractivity contribution is 5.76. The number of amides is 2. The lowest BCUT2D eigenvalue weighted by molar-refractivity contribution is -0.676. The third-order valence-electron chi connectivity index (χ3n) is 5.69. The summed E-state index contributed by atoms with van der Waals surface area (Å²) in [5, 5.41) is 2.88. The highest BCUT2D eigenvalue weighted by Gasteiger charge is 2.33. The number of carbonyl (C=O) groups excluding carboxylic acids is 2. The largest absolute Gasteiger partial charge is 0.482 e. The van der Waals surface area contributed by atoms with Crippen molar-refractivity contribution in [2.75, 3.05) is 32.8 Å². The summed E-state index contributed by atoms with van der Waals surface area (Å²) in [5.74, 6) is 1.28. The SMILES string of the molecule is CCNC(=O)N1CCC(n2c(CN)[n+](CC)c3ccc(OCC(=O)OCC)cc32)CC1. The molecule has 2 heterocycles. The molecule has 0 atom stereocenters. The fourth-order valence-electron chi connectivity index (χ4n) is 4.33. The first-order valence-corrected chi connectivity index (χ1v) is 11.1. The zero-order valence-electron chi connectivity index (χ0n) is 18.7. The van der Waals surface area contributed by atoms with Crippen LogP contribution in [0.4, 0.5) is 4.79 Å². The predicted molar refractivity (Wildman–Crippen MR) is 117 cm³/mol. The number of nitrogens with zero attached hydrogens (tertiary/aromatic N) is 3. The number of benzene rings is 1. The Morgan fingerprint density at radius 2 is 1.97 bits per heavy atom. The van der Waals surface area contributed by atoms with Gasteiger partial charge >= 0.3 is 12.0 Å². The Bertz CT molecular complexity index is 918. The van der Waals surface area contributed by atoms with Crippen LogP contribution in [0.3, 0.4) is 0 Å². The molecule has 1 saturated heterocycles. The van der Waals surface area contributed by atoms with E-state index in [-0.39, 0.29) is 24.6 Å². The van der Waals surface area contributed by atoms with Gasteiger partial charge in [0.15, 0.2) is 17.6 Å². The summed E-state index contributed by atoms with van der Waals surface area (Å²) in [6.07, 6.45) is 1.71. The van der Waals surface area contributed by atoms with Crippen LogP contribution in [0.2, 0.25) is 0 Å². The zero-order chi connectivity index (χ0) is 22.4. The van der Waals surface area contributed by atoms with Crippen LogP contribution in [0.1, 0.15) is 45.5 Å². The van der Waals surface area contributed by atoms with Gasteiger partial charge in [0.1, 0.15) is 11.8 Å². The zero-order valence-corrected chi connectivity index (χ0v) is 18.7. The molecule has 0 spiro atoms. The van der Waals surface area contributed by atoms with Crippen molar-refractivity contribution in [2.45, 2.75) is 52.7 Å². The van der Waals surface area contributed by atoms with Crippen molar-refractivity contribution < 1.29 is 23.6 Å². The van der Waals surface area contributed by atoms with Gasteiger partial charge in [-0.3, -0.25) is 0 Å². The average Bonchev–Trinajstić information content (AvgIpc) is 3.10. The van der Waals surface area contributed by atoms with E-state index in [4.69, 9.17) is 15.2 Å². The first-order valence-electron chi connectivity index (χ1n) is 11.1. The van der Waals surface area contributed by atoms with Gasteiger partial charge in [0.25, 0.3) is 5.82 Å². The molecule has 1 fully saturated rings. The van der Waals surface area contributed by atoms with Crippen LogP contribution in [-0.2, 0) is 22.6 Å². The molecule has 9 heteroatoms. The number of aryl methyl sites for hydroxylation is 1. The van der Waals surface area contributed by atoms with E-state index in [1.54, 1.807) is 6.92 Å². The Morgan fingerprint density at radius 1 is 1.23 bits per heavy atom. The number of imidazole rings is 1. The number of esters is 1. The summed E-state index contributed by atoms with van der Waals surface area (Å²) in [6.45, 7) is 9.25. The average molecular weight is 433 g/mol. The quantitative estimate of drug-likeness (QED) is 0.488. The number of fused-ring (bicyclic) bond motifs is 1. The molecule has 3 N–H and O–H groups in total. The number of nitrogens with two attached hydrogens (primary N) is 1. The van der Waals surface area contributed by atoms with Crippen LogP contribution in [-0.4, -0.2) is 54.3 Å². The van der Waals surface area contributed by atoms with Crippen molar-refractivity contribution >= 4 is 23.0 Å². The van der Waals surface area contributed by atoms with Gasteiger partial charge in [-0.1, -0.05) is 0 Å². The predicted octanol–water partition coefficient (Wildman–Crippen LogP) is 1.72. The number of ether oxygens (including phenoxy) is 2. The van der Waals surface area contributed by atoms with Crippen molar-refractivity contribution in [3.63, 3.8) is 0 Å². The van der Waals surface area contributed by atoms with E-state index in [1.807, 2.05) is 30.0 Å². The van der Waals surface area contributed by atoms with Gasteiger partial charge < -0.3 is 25.4 Å². The van der Waals surface area contributed by atoms with E-state index < -0.39 is 0 Å². The molecular weight excluding hydrogens is 398 g/mol. The molecule has 9 nitrogen and oxygen atoms in total. The molecule has 170 valence electrons. The number of hydrogen-bond acceptors (Lipinski definition) is 5. The highest BCUT2D eigenvalue weighted by Crippen LogP contribution is 2.30. The summed E-state index contributed by atoms with van der Waals surface area (Å²) in [4.78, 5) is 25.7. The summed E-state index contributed by atoms with van der Waals surface area (Å²) in [6, 6.07) is 6.08. The second-order valence-corrected chi connectivity index (χ2v) is 7.53. The Labute approximate surface area is 183 Å². The Morgan fingerprint density at radius 3 is 2.58 bits per heavy atom. The standard InChI is InChI=1S/C22H33N5O4/c1-4-24-22(29)25-11-9-16(10-12-25)27-19-13-17(31-15-21(28)30-6-3)7-8-18(19)26(5-2)20(27)14-23/h7-8,13,16H,4-6,9-12,14-15,23H2,1-3H3/p+1. The number of nitrogens with one attached hydrogen (secondary N) is 1. The van der Waals surface area contributed by atoms with Crippen LogP contribution in [0.25, 0.3) is 11.0 Å². The lowest BCUT2D eigenvalue weighted by Gasteiger charge is -2.31. The molecule has 31 heavy (non-hydrogen) atoms. The Hall–Kier alpha value is -2.81. The van der Waals surface area contributed by atoms with E-state index in [9.17, 15) is 9.59 Å². The molecule has 3 rings (SSSR count). The molecule has 1 aliphatic rings. The van der Waals surface area contributed by atoms with Gasteiger partial charge in [0, 0.05) is 38.5 Å². The molecule has 0 radical (unpaired) electrons. The fraction of sp³-hybridized carbons (Fsp3) is 0.591. The van der Waals surface area contributed by atoms with E-state index in [0.717, 1.165) is 36.2 Å². The van der Waals surface area contributed by atoms with Crippen molar-refractivity contribution in [1.82, 2.24) is 14.8 Å². The van der Waals surface area contributed by atoms with Crippen LogP contribution >= 0.6 is 0 Å². The van der Waals surface area contributed by atoms with Gasteiger partial charge in [-0.25, -0.2) is 18.7 Å². The molecule has 1 aliphatic heterocycles. The molecule has 0 aliphatic carbocycles. The number of piperidine rings is 1. The number of urea groups is 1. The van der Waals surface area contributed by atoms with E-state index in [2.05, 4.69) is 21.4 Å². The summed E-state index contributed by atoms with van der Waals surface area (Å²) < 4.78 is 15.1. The second-order valence-electron chi connectivity index (χ2n) is 7.53. The lowest BCUT2D eigenvalue weighted by Crippen LogP contribution is -2.45. The number of hydrogen-bond donors (Lipinski definition) is 2. The third-order valence-corrected chi connectivity index (χ3v) is 5.69. The summed E-state index contributed by atoms with van der Waals surface area (Å²) in [5.41, 5.74) is 8.28. The molecule has 0 unspecified atom stereocenters. The molecule has 2 amide bonds. The maximum absolute atomic E-state index is 12.2. The van der Waals surface area contributed by atoms with Gasteiger partial charge in [-0.2, -0.15) is 0 Å². The molecule has 2 aromatic rings. The van der Waals surface area contributed by atoms with Crippen LogP contribution in [0.5, 0.6) is 5.75 Å². The fourth-order valence-corrected chi connectivity index (χ4v) is 4.33. The normalized spacial score (nSPS) is 14.6. The maximum Gasteiger partial charge on any atom is 0.344 e. The van der Waals surface area contributed by atoms with Gasteiger partial charge in [0.05, 0.1) is 19.7 Å². The van der Waals surface area contributed by atoms with E-state index in [0.29, 0.717) is 38.5 Å².